The summed E-state index contributed by atoms with van der Waals surface area (Å²) in [5, 5.41) is 0. The van der Waals surface area contributed by atoms with Gasteiger partial charge in [-0.2, -0.15) is 0 Å². The molecule has 2 aromatic carbocycles. The SMILES string of the molecule is COc1cc(F)c(-c2cccc(C(=O)N3CCC[C@@H](N)CC3)c2)cc1F. The molecule has 138 valence electrons. The van der Waals surface area contributed by atoms with E-state index in [2.05, 4.69) is 0 Å². The molecule has 1 heterocycles. The third kappa shape index (κ3) is 3.85. The van der Waals surface area contributed by atoms with Gasteiger partial charge >= 0.3 is 0 Å². The van der Waals surface area contributed by atoms with Crippen LogP contribution in [0.25, 0.3) is 11.1 Å². The van der Waals surface area contributed by atoms with Gasteiger partial charge in [0, 0.05) is 36.3 Å². The first kappa shape index (κ1) is 18.3. The van der Waals surface area contributed by atoms with Gasteiger partial charge < -0.3 is 15.4 Å². The number of hydrogen-bond donors (Lipinski definition) is 1. The minimum absolute atomic E-state index is 0.0934. The third-order valence-corrected chi connectivity index (χ3v) is 4.72. The van der Waals surface area contributed by atoms with Crippen molar-refractivity contribution in [1.29, 1.82) is 0 Å². The van der Waals surface area contributed by atoms with E-state index in [4.69, 9.17) is 10.5 Å². The van der Waals surface area contributed by atoms with E-state index in [-0.39, 0.29) is 23.3 Å². The van der Waals surface area contributed by atoms with Crippen LogP contribution in [0.15, 0.2) is 36.4 Å². The molecule has 1 saturated heterocycles. The molecule has 1 fully saturated rings. The van der Waals surface area contributed by atoms with Gasteiger partial charge in [-0.25, -0.2) is 8.78 Å². The van der Waals surface area contributed by atoms with Gasteiger partial charge in [0.1, 0.15) is 5.82 Å². The molecule has 0 radical (unpaired) electrons. The standard InChI is InChI=1S/C20H22F2N2O2/c1-26-19-12-17(21)16(11-18(19)22)13-4-2-5-14(10-13)20(25)24-8-3-6-15(23)7-9-24/h2,4-5,10-12,15H,3,6-9,23H2,1H3/t15-/m1/s1. The van der Waals surface area contributed by atoms with E-state index in [0.29, 0.717) is 24.2 Å². The van der Waals surface area contributed by atoms with Crippen molar-refractivity contribution in [3.63, 3.8) is 0 Å². The number of carbonyl (C=O) groups excluding carboxylic acids is 1. The lowest BCUT2D eigenvalue weighted by molar-refractivity contribution is 0.0761. The van der Waals surface area contributed by atoms with Gasteiger partial charge in [-0.05, 0) is 43.0 Å². The molecule has 0 aromatic heterocycles. The Morgan fingerprint density at radius 1 is 1.15 bits per heavy atom. The molecule has 1 aliphatic heterocycles. The van der Waals surface area contributed by atoms with Crippen LogP contribution < -0.4 is 10.5 Å². The van der Waals surface area contributed by atoms with E-state index in [9.17, 15) is 13.6 Å². The van der Waals surface area contributed by atoms with Crippen molar-refractivity contribution in [2.24, 2.45) is 5.73 Å². The summed E-state index contributed by atoms with van der Waals surface area (Å²) in [5.74, 6) is -1.52. The molecule has 1 amide bonds. The van der Waals surface area contributed by atoms with Crippen molar-refractivity contribution in [2.75, 3.05) is 20.2 Å². The Hall–Kier alpha value is -2.47. The van der Waals surface area contributed by atoms with E-state index in [1.165, 1.54) is 7.11 Å². The van der Waals surface area contributed by atoms with Crippen LogP contribution in [0.1, 0.15) is 29.6 Å². The molecule has 26 heavy (non-hydrogen) atoms. The number of nitrogens with two attached hydrogens (primary N) is 1. The molecule has 1 atom stereocenters. The number of carbonyl (C=O) groups is 1. The Morgan fingerprint density at radius 2 is 1.96 bits per heavy atom. The smallest absolute Gasteiger partial charge is 0.253 e. The fraction of sp³-hybridized carbons (Fsp3) is 0.350. The molecule has 4 nitrogen and oxygen atoms in total. The van der Waals surface area contributed by atoms with E-state index in [1.54, 1.807) is 29.2 Å². The molecular weight excluding hydrogens is 338 g/mol. The number of benzene rings is 2. The van der Waals surface area contributed by atoms with Crippen molar-refractivity contribution in [3.8, 4) is 16.9 Å². The Balaban J connectivity index is 1.89. The summed E-state index contributed by atoms with van der Waals surface area (Å²) in [6.45, 7) is 1.26. The molecule has 0 bridgehead atoms. The zero-order chi connectivity index (χ0) is 18.7. The number of likely N-dealkylation sites (tertiary alicyclic amines) is 1. The number of halogens is 2. The normalized spacial score (nSPS) is 17.7. The summed E-state index contributed by atoms with van der Waals surface area (Å²) in [7, 11) is 1.28. The monoisotopic (exact) mass is 360 g/mol. The van der Waals surface area contributed by atoms with Gasteiger partial charge in [-0.1, -0.05) is 12.1 Å². The lowest BCUT2D eigenvalue weighted by atomic mass is 10.0. The number of methoxy groups -OCH3 is 1. The van der Waals surface area contributed by atoms with Crippen LogP contribution in [-0.4, -0.2) is 37.0 Å². The highest BCUT2D eigenvalue weighted by atomic mass is 19.1. The fourth-order valence-electron chi connectivity index (χ4n) is 3.23. The summed E-state index contributed by atoms with van der Waals surface area (Å²) in [4.78, 5) is 14.6. The van der Waals surface area contributed by atoms with Crippen LogP contribution in [0.4, 0.5) is 8.78 Å². The Bertz CT molecular complexity index is 810. The van der Waals surface area contributed by atoms with Gasteiger partial charge in [0.2, 0.25) is 0 Å². The van der Waals surface area contributed by atoms with Gasteiger partial charge in [0.15, 0.2) is 11.6 Å². The van der Waals surface area contributed by atoms with Crippen LogP contribution >= 0.6 is 0 Å². The summed E-state index contributed by atoms with van der Waals surface area (Å²) >= 11 is 0. The van der Waals surface area contributed by atoms with Crippen molar-refractivity contribution in [2.45, 2.75) is 25.3 Å². The van der Waals surface area contributed by atoms with Crippen LogP contribution in [0.5, 0.6) is 5.75 Å². The van der Waals surface area contributed by atoms with Crippen molar-refractivity contribution < 1.29 is 18.3 Å². The predicted molar refractivity (Wildman–Crippen MR) is 96.1 cm³/mol. The minimum Gasteiger partial charge on any atom is -0.494 e. The third-order valence-electron chi connectivity index (χ3n) is 4.72. The maximum absolute atomic E-state index is 14.3. The summed E-state index contributed by atoms with van der Waals surface area (Å²) in [5.41, 5.74) is 6.96. The van der Waals surface area contributed by atoms with Crippen molar-refractivity contribution >= 4 is 5.91 Å². The predicted octanol–water partition coefficient (Wildman–Crippen LogP) is 3.59. The largest absolute Gasteiger partial charge is 0.494 e. The average Bonchev–Trinajstić information content (AvgIpc) is 2.87. The highest BCUT2D eigenvalue weighted by Crippen LogP contribution is 2.29. The van der Waals surface area contributed by atoms with E-state index in [0.717, 1.165) is 31.4 Å². The van der Waals surface area contributed by atoms with Crippen LogP contribution in [0.3, 0.4) is 0 Å². The molecule has 3 rings (SSSR count). The molecule has 6 heteroatoms. The number of nitrogens with zero attached hydrogens (tertiary/aromatic N) is 1. The number of hydrogen-bond acceptors (Lipinski definition) is 3. The van der Waals surface area contributed by atoms with Gasteiger partial charge in [0.05, 0.1) is 7.11 Å². The second-order valence-corrected chi connectivity index (χ2v) is 6.53. The molecule has 1 aliphatic rings. The second-order valence-electron chi connectivity index (χ2n) is 6.53. The minimum atomic E-state index is -0.651. The maximum atomic E-state index is 14.3. The highest BCUT2D eigenvalue weighted by molar-refractivity contribution is 5.95. The van der Waals surface area contributed by atoms with Crippen LogP contribution in [0, 0.1) is 11.6 Å². The molecule has 2 aromatic rings. The number of amides is 1. The average molecular weight is 360 g/mol. The first-order chi connectivity index (χ1) is 12.5. The zero-order valence-electron chi connectivity index (χ0n) is 14.7. The Morgan fingerprint density at radius 3 is 2.73 bits per heavy atom. The van der Waals surface area contributed by atoms with Gasteiger partial charge in [0.25, 0.3) is 5.91 Å². The van der Waals surface area contributed by atoms with E-state index >= 15 is 0 Å². The van der Waals surface area contributed by atoms with Crippen molar-refractivity contribution in [3.05, 3.63) is 53.6 Å². The van der Waals surface area contributed by atoms with Crippen LogP contribution in [0.2, 0.25) is 0 Å². The van der Waals surface area contributed by atoms with Gasteiger partial charge in [-0.15, -0.1) is 0 Å². The van der Waals surface area contributed by atoms with Gasteiger partial charge in [-0.3, -0.25) is 4.79 Å². The highest BCUT2D eigenvalue weighted by Gasteiger charge is 2.21. The Kier molecular flexibility index (Phi) is 5.52. The molecular formula is C20H22F2N2O2. The van der Waals surface area contributed by atoms with E-state index in [1.807, 2.05) is 0 Å². The Labute approximate surface area is 151 Å². The first-order valence-electron chi connectivity index (χ1n) is 8.68. The first-order valence-corrected chi connectivity index (χ1v) is 8.68. The fourth-order valence-corrected chi connectivity index (χ4v) is 3.23. The zero-order valence-corrected chi connectivity index (χ0v) is 14.7. The molecule has 0 saturated carbocycles. The summed E-state index contributed by atoms with van der Waals surface area (Å²) < 4.78 is 33.1. The lowest BCUT2D eigenvalue weighted by Crippen LogP contribution is -2.32. The number of rotatable bonds is 3. The topological polar surface area (TPSA) is 55.6 Å². The van der Waals surface area contributed by atoms with Crippen LogP contribution in [-0.2, 0) is 0 Å². The molecule has 0 spiro atoms. The summed E-state index contributed by atoms with van der Waals surface area (Å²) in [6, 6.07) is 8.83. The second kappa shape index (κ2) is 7.83. The lowest BCUT2D eigenvalue weighted by Gasteiger charge is -2.21. The maximum Gasteiger partial charge on any atom is 0.253 e. The molecule has 2 N–H and O–H groups in total. The number of ether oxygens (including phenoxy) is 1. The quantitative estimate of drug-likeness (QED) is 0.910. The van der Waals surface area contributed by atoms with Crippen molar-refractivity contribution in [1.82, 2.24) is 4.90 Å². The molecule has 0 unspecified atom stereocenters. The van der Waals surface area contributed by atoms with E-state index < -0.39 is 11.6 Å². The molecule has 0 aliphatic carbocycles. The summed E-state index contributed by atoms with van der Waals surface area (Å²) in [6.07, 6.45) is 2.54.